The van der Waals surface area contributed by atoms with Crippen molar-refractivity contribution < 1.29 is 19.1 Å². The van der Waals surface area contributed by atoms with Crippen LogP contribution in [0.1, 0.15) is 33.3 Å². The molecule has 1 heterocycles. The number of rotatable bonds is 8. The molecule has 3 rings (SSSR count). The molecule has 3 aromatic rings. The van der Waals surface area contributed by atoms with Gasteiger partial charge in [0.2, 0.25) is 0 Å². The average molecular weight is 425 g/mol. The van der Waals surface area contributed by atoms with Crippen LogP contribution in [0.2, 0.25) is 0 Å². The lowest BCUT2D eigenvalue weighted by atomic mass is 10.1. The molecule has 156 valence electrons. The highest BCUT2D eigenvalue weighted by Crippen LogP contribution is 2.35. The van der Waals surface area contributed by atoms with E-state index in [9.17, 15) is 9.59 Å². The van der Waals surface area contributed by atoms with Crippen LogP contribution in [0.4, 0.5) is 5.00 Å². The van der Waals surface area contributed by atoms with E-state index in [1.807, 2.05) is 43.3 Å². The van der Waals surface area contributed by atoms with E-state index in [-0.39, 0.29) is 5.91 Å². The van der Waals surface area contributed by atoms with Crippen LogP contribution in [-0.4, -0.2) is 25.0 Å². The van der Waals surface area contributed by atoms with E-state index in [0.29, 0.717) is 28.5 Å². The summed E-state index contributed by atoms with van der Waals surface area (Å²) in [5.41, 5.74) is 7.84. The van der Waals surface area contributed by atoms with Gasteiger partial charge in [-0.25, -0.2) is 0 Å². The summed E-state index contributed by atoms with van der Waals surface area (Å²) in [6.07, 6.45) is -0.150. The fourth-order valence-electron chi connectivity index (χ4n) is 3.07. The Kier molecular flexibility index (Phi) is 6.74. The van der Waals surface area contributed by atoms with Crippen molar-refractivity contribution in [2.75, 3.05) is 12.4 Å². The van der Waals surface area contributed by atoms with Crippen LogP contribution in [0.25, 0.3) is 0 Å². The molecule has 0 saturated carbocycles. The molecule has 1 atom stereocenters. The smallest absolute Gasteiger partial charge is 0.265 e. The number of para-hydroxylation sites is 2. The second-order valence-electron chi connectivity index (χ2n) is 6.78. The first-order valence-electron chi connectivity index (χ1n) is 9.47. The molecule has 7 heteroatoms. The minimum Gasteiger partial charge on any atom is -0.493 e. The zero-order chi connectivity index (χ0) is 21.7. The third-order valence-electron chi connectivity index (χ3n) is 4.68. The van der Waals surface area contributed by atoms with Crippen molar-refractivity contribution in [3.63, 3.8) is 0 Å². The fraction of sp³-hybridized carbons (Fsp3) is 0.217. The molecule has 0 radical (unpaired) electrons. The Hall–Kier alpha value is -3.32. The van der Waals surface area contributed by atoms with Crippen molar-refractivity contribution >= 4 is 28.2 Å². The molecule has 0 spiro atoms. The molecule has 0 bridgehead atoms. The van der Waals surface area contributed by atoms with E-state index >= 15 is 0 Å². The fourth-order valence-corrected chi connectivity index (χ4v) is 4.32. The minimum atomic E-state index is -0.804. The third kappa shape index (κ3) is 4.80. The van der Waals surface area contributed by atoms with E-state index in [1.165, 1.54) is 18.4 Å². The standard InChI is InChI=1S/C23H24N2O4S/c1-14-19(13-16-9-5-4-6-10-16)30-23(20(14)21(24)26)25-22(27)15(2)29-18-12-8-7-11-17(18)28-3/h4-12,15H,13H2,1-3H3,(H2,24,26)(H,25,27)/t15-/m0/s1. The van der Waals surface area contributed by atoms with Gasteiger partial charge in [0.15, 0.2) is 17.6 Å². The topological polar surface area (TPSA) is 90.7 Å². The summed E-state index contributed by atoms with van der Waals surface area (Å²) in [6.45, 7) is 3.48. The Morgan fingerprint density at radius 3 is 2.33 bits per heavy atom. The SMILES string of the molecule is COc1ccccc1O[C@@H](C)C(=O)Nc1sc(Cc2ccccc2)c(C)c1C(N)=O. The second kappa shape index (κ2) is 9.45. The highest BCUT2D eigenvalue weighted by Gasteiger charge is 2.24. The monoisotopic (exact) mass is 424 g/mol. The van der Waals surface area contributed by atoms with Gasteiger partial charge in [0.1, 0.15) is 5.00 Å². The number of thiophene rings is 1. The first kappa shape index (κ1) is 21.4. The van der Waals surface area contributed by atoms with E-state index < -0.39 is 12.0 Å². The van der Waals surface area contributed by atoms with E-state index in [2.05, 4.69) is 5.32 Å². The van der Waals surface area contributed by atoms with Crippen molar-refractivity contribution in [3.8, 4) is 11.5 Å². The van der Waals surface area contributed by atoms with Gasteiger partial charge in [-0.2, -0.15) is 0 Å². The molecule has 0 fully saturated rings. The second-order valence-corrected chi connectivity index (χ2v) is 7.89. The van der Waals surface area contributed by atoms with Crippen LogP contribution < -0.4 is 20.5 Å². The Balaban J connectivity index is 1.80. The number of nitrogens with two attached hydrogens (primary N) is 1. The molecule has 30 heavy (non-hydrogen) atoms. The van der Waals surface area contributed by atoms with Gasteiger partial charge in [-0.05, 0) is 37.1 Å². The van der Waals surface area contributed by atoms with Crippen molar-refractivity contribution in [3.05, 3.63) is 76.2 Å². The van der Waals surface area contributed by atoms with Crippen molar-refractivity contribution in [2.45, 2.75) is 26.4 Å². The molecule has 0 aliphatic carbocycles. The Morgan fingerprint density at radius 2 is 1.70 bits per heavy atom. The maximum Gasteiger partial charge on any atom is 0.265 e. The van der Waals surface area contributed by atoms with Crippen LogP contribution in [0, 0.1) is 6.92 Å². The average Bonchev–Trinajstić information content (AvgIpc) is 3.03. The molecule has 1 aromatic heterocycles. The maximum absolute atomic E-state index is 12.7. The quantitative estimate of drug-likeness (QED) is 0.568. The summed E-state index contributed by atoms with van der Waals surface area (Å²) in [5.74, 6) is 0.0459. The Bertz CT molecular complexity index is 1050. The highest BCUT2D eigenvalue weighted by atomic mass is 32.1. The van der Waals surface area contributed by atoms with E-state index in [0.717, 1.165) is 16.0 Å². The number of benzene rings is 2. The molecule has 2 amide bonds. The predicted molar refractivity (Wildman–Crippen MR) is 119 cm³/mol. The zero-order valence-corrected chi connectivity index (χ0v) is 17.9. The van der Waals surface area contributed by atoms with Gasteiger partial charge in [0, 0.05) is 11.3 Å². The molecular weight excluding hydrogens is 400 g/mol. The van der Waals surface area contributed by atoms with Gasteiger partial charge in [-0.1, -0.05) is 42.5 Å². The molecule has 0 aliphatic rings. The summed E-state index contributed by atoms with van der Waals surface area (Å²) in [6, 6.07) is 17.0. The van der Waals surface area contributed by atoms with Crippen LogP contribution >= 0.6 is 11.3 Å². The maximum atomic E-state index is 12.7. The van der Waals surface area contributed by atoms with Gasteiger partial charge < -0.3 is 20.5 Å². The molecular formula is C23H24N2O4S. The summed E-state index contributed by atoms with van der Waals surface area (Å²) in [7, 11) is 1.54. The highest BCUT2D eigenvalue weighted by molar-refractivity contribution is 7.17. The molecule has 0 aliphatic heterocycles. The molecule has 3 N–H and O–H groups in total. The van der Waals surface area contributed by atoms with E-state index in [4.69, 9.17) is 15.2 Å². The normalized spacial score (nSPS) is 11.6. The molecule has 2 aromatic carbocycles. The summed E-state index contributed by atoms with van der Waals surface area (Å²) >= 11 is 1.36. The number of carbonyl (C=O) groups is 2. The number of nitrogens with one attached hydrogen (secondary N) is 1. The molecule has 0 saturated heterocycles. The number of hydrogen-bond acceptors (Lipinski definition) is 5. The lowest BCUT2D eigenvalue weighted by molar-refractivity contribution is -0.122. The van der Waals surface area contributed by atoms with Crippen LogP contribution in [-0.2, 0) is 11.2 Å². The summed E-state index contributed by atoms with van der Waals surface area (Å²) in [5, 5.41) is 3.25. The number of anilines is 1. The Morgan fingerprint density at radius 1 is 1.07 bits per heavy atom. The predicted octanol–water partition coefficient (Wildman–Crippen LogP) is 4.16. The van der Waals surface area contributed by atoms with Crippen LogP contribution in [0.5, 0.6) is 11.5 Å². The van der Waals surface area contributed by atoms with Gasteiger partial charge in [0.25, 0.3) is 11.8 Å². The molecule has 0 unspecified atom stereocenters. The van der Waals surface area contributed by atoms with Gasteiger partial charge >= 0.3 is 0 Å². The third-order valence-corrected chi connectivity index (χ3v) is 5.89. The van der Waals surface area contributed by atoms with Crippen molar-refractivity contribution in [2.24, 2.45) is 5.73 Å². The lowest BCUT2D eigenvalue weighted by Crippen LogP contribution is -2.30. The first-order chi connectivity index (χ1) is 14.4. The Labute approximate surface area is 179 Å². The minimum absolute atomic E-state index is 0.337. The van der Waals surface area contributed by atoms with Crippen molar-refractivity contribution in [1.29, 1.82) is 0 Å². The zero-order valence-electron chi connectivity index (χ0n) is 17.1. The van der Waals surface area contributed by atoms with Crippen LogP contribution in [0.15, 0.2) is 54.6 Å². The largest absolute Gasteiger partial charge is 0.493 e. The van der Waals surface area contributed by atoms with Gasteiger partial charge in [-0.15, -0.1) is 11.3 Å². The van der Waals surface area contributed by atoms with Gasteiger partial charge in [0.05, 0.1) is 12.7 Å². The number of hydrogen-bond donors (Lipinski definition) is 2. The van der Waals surface area contributed by atoms with E-state index in [1.54, 1.807) is 25.1 Å². The van der Waals surface area contributed by atoms with Crippen LogP contribution in [0.3, 0.4) is 0 Å². The number of carbonyl (C=O) groups excluding carboxylic acids is 2. The lowest BCUT2D eigenvalue weighted by Gasteiger charge is -2.16. The number of ether oxygens (including phenoxy) is 2. The number of amides is 2. The summed E-state index contributed by atoms with van der Waals surface area (Å²) < 4.78 is 11.0. The van der Waals surface area contributed by atoms with Crippen molar-refractivity contribution in [1.82, 2.24) is 0 Å². The first-order valence-corrected chi connectivity index (χ1v) is 10.3. The van der Waals surface area contributed by atoms with Gasteiger partial charge in [-0.3, -0.25) is 9.59 Å². The molecule has 6 nitrogen and oxygen atoms in total. The summed E-state index contributed by atoms with van der Waals surface area (Å²) in [4.78, 5) is 25.8. The number of methoxy groups -OCH3 is 1. The number of primary amides is 1.